The first kappa shape index (κ1) is 16.2. The van der Waals surface area contributed by atoms with Crippen LogP contribution in [0.5, 0.6) is 0 Å². The SMILES string of the molecule is COC(=O)[C@@H]1CN(C)C[C@H]1c1cc2c(C)cc(C)cc2nc1Cl. The van der Waals surface area contributed by atoms with E-state index < -0.39 is 0 Å². The zero-order valence-corrected chi connectivity index (χ0v) is 14.6. The number of nitrogens with zero attached hydrogens (tertiary/aromatic N) is 2. The molecular weight excluding hydrogens is 312 g/mol. The molecule has 1 fully saturated rings. The summed E-state index contributed by atoms with van der Waals surface area (Å²) in [6.45, 7) is 5.58. The molecule has 23 heavy (non-hydrogen) atoms. The fourth-order valence-electron chi connectivity index (χ4n) is 3.59. The van der Waals surface area contributed by atoms with E-state index in [-0.39, 0.29) is 17.8 Å². The molecule has 5 heteroatoms. The molecule has 0 N–H and O–H groups in total. The third kappa shape index (κ3) is 2.93. The van der Waals surface area contributed by atoms with Gasteiger partial charge in [-0.15, -0.1) is 0 Å². The average Bonchev–Trinajstić information content (AvgIpc) is 2.87. The number of hydrogen-bond donors (Lipinski definition) is 0. The molecule has 0 spiro atoms. The van der Waals surface area contributed by atoms with Gasteiger partial charge in [-0.1, -0.05) is 17.7 Å². The fraction of sp³-hybridized carbons (Fsp3) is 0.444. The molecule has 0 radical (unpaired) electrons. The van der Waals surface area contributed by atoms with E-state index in [0.717, 1.165) is 23.0 Å². The maximum atomic E-state index is 12.1. The molecule has 0 bridgehead atoms. The number of pyridine rings is 1. The standard InChI is InChI=1S/C18H21ClN2O2/c1-10-5-11(2)12-7-13(17(19)20-16(12)6-10)14-8-21(3)9-15(14)18(22)23-4/h5-7,14-15H,8-9H2,1-4H3/t14-,15+/m0/s1. The number of benzene rings is 1. The first-order valence-corrected chi connectivity index (χ1v) is 8.12. The molecule has 0 amide bonds. The Bertz CT molecular complexity index is 775. The van der Waals surface area contributed by atoms with Crippen molar-refractivity contribution in [3.05, 3.63) is 40.0 Å². The topological polar surface area (TPSA) is 42.4 Å². The monoisotopic (exact) mass is 332 g/mol. The van der Waals surface area contributed by atoms with E-state index in [0.29, 0.717) is 11.7 Å². The number of carbonyl (C=O) groups excluding carboxylic acids is 1. The van der Waals surface area contributed by atoms with Crippen LogP contribution in [0.1, 0.15) is 22.6 Å². The summed E-state index contributed by atoms with van der Waals surface area (Å²) in [4.78, 5) is 18.8. The van der Waals surface area contributed by atoms with Gasteiger partial charge in [0.2, 0.25) is 0 Å². The first-order chi connectivity index (χ1) is 10.9. The molecular formula is C18H21ClN2O2. The Morgan fingerprint density at radius 2 is 2.04 bits per heavy atom. The zero-order valence-electron chi connectivity index (χ0n) is 13.9. The van der Waals surface area contributed by atoms with Crippen LogP contribution in [-0.4, -0.2) is 43.1 Å². The quantitative estimate of drug-likeness (QED) is 0.625. The molecule has 1 aliphatic rings. The second kappa shape index (κ2) is 6.10. The molecule has 0 unspecified atom stereocenters. The Morgan fingerprint density at radius 3 is 2.74 bits per heavy atom. The van der Waals surface area contributed by atoms with E-state index in [1.807, 2.05) is 13.1 Å². The van der Waals surface area contributed by atoms with E-state index in [2.05, 4.69) is 35.9 Å². The lowest BCUT2D eigenvalue weighted by Gasteiger charge is -2.18. The molecule has 3 rings (SSSR count). The largest absolute Gasteiger partial charge is 0.469 e. The number of carbonyl (C=O) groups is 1. The second-order valence-corrected chi connectivity index (χ2v) is 6.83. The number of halogens is 1. The first-order valence-electron chi connectivity index (χ1n) is 7.74. The number of ether oxygens (including phenoxy) is 1. The van der Waals surface area contributed by atoms with Gasteiger partial charge in [0.05, 0.1) is 18.5 Å². The number of likely N-dealkylation sites (tertiary alicyclic amines) is 1. The predicted molar refractivity (Wildman–Crippen MR) is 92.0 cm³/mol. The molecule has 4 nitrogen and oxygen atoms in total. The molecule has 1 aliphatic heterocycles. The molecule has 1 saturated heterocycles. The average molecular weight is 333 g/mol. The van der Waals surface area contributed by atoms with Crippen molar-refractivity contribution in [2.75, 3.05) is 27.2 Å². The summed E-state index contributed by atoms with van der Waals surface area (Å²) in [5.74, 6) is -0.374. The summed E-state index contributed by atoms with van der Waals surface area (Å²) in [6, 6.07) is 6.27. The Kier molecular flexibility index (Phi) is 4.30. The van der Waals surface area contributed by atoms with E-state index in [4.69, 9.17) is 16.3 Å². The van der Waals surface area contributed by atoms with Crippen molar-refractivity contribution in [2.24, 2.45) is 5.92 Å². The Labute approximate surface area is 141 Å². The highest BCUT2D eigenvalue weighted by Crippen LogP contribution is 2.37. The molecule has 0 aliphatic carbocycles. The van der Waals surface area contributed by atoms with Crippen LogP contribution in [0.4, 0.5) is 0 Å². The van der Waals surface area contributed by atoms with Gasteiger partial charge in [0.25, 0.3) is 0 Å². The van der Waals surface area contributed by atoms with Crippen molar-refractivity contribution in [1.82, 2.24) is 9.88 Å². The lowest BCUT2D eigenvalue weighted by molar-refractivity contribution is -0.145. The number of aromatic nitrogens is 1. The number of esters is 1. The van der Waals surface area contributed by atoms with Gasteiger partial charge in [0.15, 0.2) is 0 Å². The molecule has 1 aromatic heterocycles. The van der Waals surface area contributed by atoms with Gasteiger partial charge in [-0.25, -0.2) is 4.98 Å². The Hall–Kier alpha value is -1.65. The summed E-state index contributed by atoms with van der Waals surface area (Å²) in [6.07, 6.45) is 0. The van der Waals surface area contributed by atoms with Crippen LogP contribution in [0.15, 0.2) is 18.2 Å². The van der Waals surface area contributed by atoms with Crippen LogP contribution in [0, 0.1) is 19.8 Å². The van der Waals surface area contributed by atoms with Gasteiger partial charge in [-0.3, -0.25) is 4.79 Å². The maximum Gasteiger partial charge on any atom is 0.310 e. The lowest BCUT2D eigenvalue weighted by atomic mass is 9.88. The van der Waals surface area contributed by atoms with Crippen molar-refractivity contribution in [3.63, 3.8) is 0 Å². The Morgan fingerprint density at radius 1 is 1.30 bits per heavy atom. The minimum absolute atomic E-state index is 0.0116. The minimum Gasteiger partial charge on any atom is -0.469 e. The van der Waals surface area contributed by atoms with Gasteiger partial charge >= 0.3 is 5.97 Å². The normalized spacial score (nSPS) is 21.8. The maximum absolute atomic E-state index is 12.1. The molecule has 1 aromatic carbocycles. The zero-order chi connectivity index (χ0) is 16.7. The number of aryl methyl sites for hydroxylation is 2. The highest BCUT2D eigenvalue weighted by molar-refractivity contribution is 6.30. The summed E-state index contributed by atoms with van der Waals surface area (Å²) < 4.78 is 4.97. The minimum atomic E-state index is -0.201. The number of rotatable bonds is 2. The van der Waals surface area contributed by atoms with Crippen molar-refractivity contribution < 1.29 is 9.53 Å². The van der Waals surface area contributed by atoms with Gasteiger partial charge in [0.1, 0.15) is 5.15 Å². The fourth-order valence-corrected chi connectivity index (χ4v) is 3.87. The second-order valence-electron chi connectivity index (χ2n) is 6.47. The van der Waals surface area contributed by atoms with E-state index >= 15 is 0 Å². The van der Waals surface area contributed by atoms with Crippen molar-refractivity contribution in [1.29, 1.82) is 0 Å². The smallest absolute Gasteiger partial charge is 0.310 e. The number of hydrogen-bond acceptors (Lipinski definition) is 4. The van der Waals surface area contributed by atoms with Crippen molar-refractivity contribution >= 4 is 28.5 Å². The van der Waals surface area contributed by atoms with Crippen molar-refractivity contribution in [3.8, 4) is 0 Å². The molecule has 2 aromatic rings. The van der Waals surface area contributed by atoms with Crippen molar-refractivity contribution in [2.45, 2.75) is 19.8 Å². The third-order valence-corrected chi connectivity index (χ3v) is 4.97. The predicted octanol–water partition coefficient (Wildman–Crippen LogP) is 3.32. The molecule has 2 atom stereocenters. The molecule has 0 saturated carbocycles. The Balaban J connectivity index is 2.11. The van der Waals surface area contributed by atoms with Crippen LogP contribution in [0.3, 0.4) is 0 Å². The highest BCUT2D eigenvalue weighted by Gasteiger charge is 2.39. The van der Waals surface area contributed by atoms with Crippen LogP contribution >= 0.6 is 11.6 Å². The van der Waals surface area contributed by atoms with Gasteiger partial charge in [-0.2, -0.15) is 0 Å². The lowest BCUT2D eigenvalue weighted by Crippen LogP contribution is -2.23. The molecule has 2 heterocycles. The van der Waals surface area contributed by atoms with Crippen LogP contribution < -0.4 is 0 Å². The summed E-state index contributed by atoms with van der Waals surface area (Å²) in [7, 11) is 3.44. The number of fused-ring (bicyclic) bond motifs is 1. The van der Waals surface area contributed by atoms with Gasteiger partial charge in [0, 0.05) is 24.4 Å². The molecule has 122 valence electrons. The number of likely N-dealkylation sites (N-methyl/N-ethyl adjacent to an activating group) is 1. The van der Waals surface area contributed by atoms with E-state index in [1.54, 1.807) is 0 Å². The van der Waals surface area contributed by atoms with Crippen LogP contribution in [0.25, 0.3) is 10.9 Å². The van der Waals surface area contributed by atoms with E-state index in [1.165, 1.54) is 18.2 Å². The summed E-state index contributed by atoms with van der Waals surface area (Å²) in [5, 5.41) is 1.57. The highest BCUT2D eigenvalue weighted by atomic mass is 35.5. The van der Waals surface area contributed by atoms with Gasteiger partial charge < -0.3 is 9.64 Å². The van der Waals surface area contributed by atoms with Crippen LogP contribution in [0.2, 0.25) is 5.15 Å². The summed E-state index contributed by atoms with van der Waals surface area (Å²) >= 11 is 6.47. The number of methoxy groups -OCH3 is 1. The van der Waals surface area contributed by atoms with Crippen LogP contribution in [-0.2, 0) is 9.53 Å². The summed E-state index contributed by atoms with van der Waals surface area (Å²) in [5.41, 5.74) is 4.17. The van der Waals surface area contributed by atoms with E-state index in [9.17, 15) is 4.79 Å². The van der Waals surface area contributed by atoms with Gasteiger partial charge in [-0.05, 0) is 49.7 Å². The third-order valence-electron chi connectivity index (χ3n) is 4.67.